The molecule has 0 saturated carbocycles. The number of carbonyl (C=O) groups excluding carboxylic acids is 1. The first kappa shape index (κ1) is 12.7. The molecule has 1 aromatic carbocycles. The molecule has 0 fully saturated rings. The number of thiocarbonyl (C=S) groups is 1. The normalized spacial score (nSPS) is 9.62. The van der Waals surface area contributed by atoms with Crippen molar-refractivity contribution in [3.63, 3.8) is 0 Å². The van der Waals surface area contributed by atoms with Gasteiger partial charge in [-0.15, -0.1) is 0 Å². The van der Waals surface area contributed by atoms with E-state index in [1.165, 1.54) is 13.2 Å². The molecule has 0 aliphatic rings. The second kappa shape index (κ2) is 5.13. The number of esters is 1. The molecule has 1 aromatic rings. The van der Waals surface area contributed by atoms with Gasteiger partial charge in [0.2, 0.25) is 0 Å². The van der Waals surface area contributed by atoms with Crippen LogP contribution in [0.4, 0.5) is 5.69 Å². The predicted molar refractivity (Wildman–Crippen MR) is 67.6 cm³/mol. The molecule has 0 saturated heterocycles. The largest absolute Gasteiger partial charge is 0.505 e. The first-order chi connectivity index (χ1) is 7.45. The fourth-order valence-electron chi connectivity index (χ4n) is 1.09. The number of methoxy groups -OCH3 is 1. The van der Waals surface area contributed by atoms with E-state index in [2.05, 4.69) is 38.2 Å². The number of halogens is 1. The van der Waals surface area contributed by atoms with Gasteiger partial charge in [-0.1, -0.05) is 15.9 Å². The topological polar surface area (TPSA) is 84.6 Å². The summed E-state index contributed by atoms with van der Waals surface area (Å²) in [7, 11) is 1.23. The summed E-state index contributed by atoms with van der Waals surface area (Å²) in [6.45, 7) is 0. The standard InChI is InChI=1S/C9H9BrN2O3S/c1-15-8(14)5-2-4(10)3-6(7(5)13)12-9(11)16/h2-3,13H,1H3,(H3,11,12,16). The zero-order valence-corrected chi connectivity index (χ0v) is 10.7. The Labute approximate surface area is 106 Å². The number of phenolic OH excluding ortho intramolecular Hbond substituents is 1. The molecule has 7 heteroatoms. The Kier molecular flexibility index (Phi) is 4.08. The van der Waals surface area contributed by atoms with Crippen LogP contribution in [0.2, 0.25) is 0 Å². The van der Waals surface area contributed by atoms with E-state index in [4.69, 9.17) is 5.73 Å². The summed E-state index contributed by atoms with van der Waals surface area (Å²) in [5.74, 6) is -0.910. The lowest BCUT2D eigenvalue weighted by molar-refractivity contribution is 0.0597. The molecule has 0 heterocycles. The summed E-state index contributed by atoms with van der Waals surface area (Å²) >= 11 is 7.83. The van der Waals surface area contributed by atoms with Crippen molar-refractivity contribution < 1.29 is 14.6 Å². The number of benzene rings is 1. The number of nitrogens with one attached hydrogen (secondary N) is 1. The smallest absolute Gasteiger partial charge is 0.341 e. The minimum absolute atomic E-state index is 0.00999. The van der Waals surface area contributed by atoms with Crippen LogP contribution in [-0.2, 0) is 4.74 Å². The summed E-state index contributed by atoms with van der Waals surface area (Å²) in [6.07, 6.45) is 0. The van der Waals surface area contributed by atoms with Crippen molar-refractivity contribution in [3.05, 3.63) is 22.2 Å². The zero-order chi connectivity index (χ0) is 12.3. The summed E-state index contributed by atoms with van der Waals surface area (Å²) in [5.41, 5.74) is 5.54. The monoisotopic (exact) mass is 304 g/mol. The molecule has 16 heavy (non-hydrogen) atoms. The van der Waals surface area contributed by atoms with E-state index in [1.54, 1.807) is 6.07 Å². The molecule has 0 radical (unpaired) electrons. The Hall–Kier alpha value is -1.34. The SMILES string of the molecule is COC(=O)c1cc(Br)cc(NC(N)=S)c1O. The number of ether oxygens (including phenoxy) is 1. The van der Waals surface area contributed by atoms with Crippen molar-refractivity contribution in [2.75, 3.05) is 12.4 Å². The third-order valence-electron chi connectivity index (χ3n) is 1.74. The Morgan fingerprint density at radius 2 is 2.25 bits per heavy atom. The predicted octanol–water partition coefficient (Wildman–Crippen LogP) is 1.60. The van der Waals surface area contributed by atoms with Crippen LogP contribution in [0.25, 0.3) is 0 Å². The van der Waals surface area contributed by atoms with Gasteiger partial charge in [-0.3, -0.25) is 0 Å². The van der Waals surface area contributed by atoms with Crippen LogP contribution in [0.15, 0.2) is 16.6 Å². The molecular formula is C9H9BrN2O3S. The molecule has 0 spiro atoms. The molecule has 0 bridgehead atoms. The third-order valence-corrected chi connectivity index (χ3v) is 2.30. The van der Waals surface area contributed by atoms with Gasteiger partial charge in [0.1, 0.15) is 5.56 Å². The lowest BCUT2D eigenvalue weighted by Gasteiger charge is -2.10. The Morgan fingerprint density at radius 1 is 1.62 bits per heavy atom. The van der Waals surface area contributed by atoms with Gasteiger partial charge in [0.25, 0.3) is 0 Å². The lowest BCUT2D eigenvalue weighted by atomic mass is 10.1. The zero-order valence-electron chi connectivity index (χ0n) is 8.28. The van der Waals surface area contributed by atoms with E-state index in [9.17, 15) is 9.90 Å². The second-order valence-corrected chi connectivity index (χ2v) is 4.19. The fraction of sp³-hybridized carbons (Fsp3) is 0.111. The number of aromatic hydroxyl groups is 1. The average Bonchev–Trinajstić information content (AvgIpc) is 2.21. The first-order valence-corrected chi connectivity index (χ1v) is 5.33. The highest BCUT2D eigenvalue weighted by Crippen LogP contribution is 2.32. The van der Waals surface area contributed by atoms with Gasteiger partial charge >= 0.3 is 5.97 Å². The van der Waals surface area contributed by atoms with E-state index in [0.717, 1.165) is 0 Å². The van der Waals surface area contributed by atoms with Crippen molar-refractivity contribution in [2.45, 2.75) is 0 Å². The van der Waals surface area contributed by atoms with Crippen LogP contribution in [-0.4, -0.2) is 23.3 Å². The molecule has 1 rings (SSSR count). The number of nitrogens with two attached hydrogens (primary N) is 1. The summed E-state index contributed by atoms with van der Waals surface area (Å²) in [4.78, 5) is 11.3. The van der Waals surface area contributed by atoms with Gasteiger partial charge in [0.05, 0.1) is 12.8 Å². The number of anilines is 1. The fourth-order valence-corrected chi connectivity index (χ4v) is 1.66. The van der Waals surface area contributed by atoms with Crippen LogP contribution in [0, 0.1) is 0 Å². The van der Waals surface area contributed by atoms with Gasteiger partial charge in [-0.25, -0.2) is 4.79 Å². The maximum absolute atomic E-state index is 11.3. The first-order valence-electron chi connectivity index (χ1n) is 4.13. The molecular weight excluding hydrogens is 296 g/mol. The lowest BCUT2D eigenvalue weighted by Crippen LogP contribution is -2.19. The Bertz CT molecular complexity index is 451. The second-order valence-electron chi connectivity index (χ2n) is 2.83. The molecule has 5 nitrogen and oxygen atoms in total. The molecule has 0 aliphatic carbocycles. The van der Waals surface area contributed by atoms with Crippen molar-refractivity contribution in [1.29, 1.82) is 0 Å². The van der Waals surface area contributed by atoms with Crippen LogP contribution in [0.3, 0.4) is 0 Å². The number of hydrogen-bond donors (Lipinski definition) is 3. The average molecular weight is 305 g/mol. The van der Waals surface area contributed by atoms with Gasteiger partial charge in [-0.05, 0) is 24.4 Å². The molecule has 0 aromatic heterocycles. The molecule has 0 atom stereocenters. The van der Waals surface area contributed by atoms with Crippen molar-refractivity contribution in [3.8, 4) is 5.75 Å². The highest BCUT2D eigenvalue weighted by molar-refractivity contribution is 9.10. The maximum Gasteiger partial charge on any atom is 0.341 e. The minimum atomic E-state index is -0.648. The molecule has 4 N–H and O–H groups in total. The number of carbonyl (C=O) groups is 1. The maximum atomic E-state index is 11.3. The van der Waals surface area contributed by atoms with Crippen LogP contribution >= 0.6 is 28.1 Å². The Balaban J connectivity index is 3.25. The van der Waals surface area contributed by atoms with E-state index < -0.39 is 5.97 Å². The summed E-state index contributed by atoms with van der Waals surface area (Å²) in [5, 5.41) is 12.3. The highest BCUT2D eigenvalue weighted by atomic mass is 79.9. The summed E-state index contributed by atoms with van der Waals surface area (Å²) in [6, 6.07) is 2.98. The quantitative estimate of drug-likeness (QED) is 0.437. The number of hydrogen-bond acceptors (Lipinski definition) is 4. The van der Waals surface area contributed by atoms with E-state index >= 15 is 0 Å². The van der Waals surface area contributed by atoms with E-state index in [1.807, 2.05) is 0 Å². The van der Waals surface area contributed by atoms with Crippen LogP contribution in [0.1, 0.15) is 10.4 Å². The molecule has 0 amide bonds. The van der Waals surface area contributed by atoms with Crippen molar-refractivity contribution in [2.24, 2.45) is 5.73 Å². The van der Waals surface area contributed by atoms with E-state index in [-0.39, 0.29) is 22.1 Å². The van der Waals surface area contributed by atoms with Gasteiger partial charge in [0.15, 0.2) is 10.9 Å². The van der Waals surface area contributed by atoms with Gasteiger partial charge in [-0.2, -0.15) is 0 Å². The number of phenols is 1. The minimum Gasteiger partial charge on any atom is -0.505 e. The Morgan fingerprint density at radius 3 is 2.75 bits per heavy atom. The van der Waals surface area contributed by atoms with Crippen LogP contribution < -0.4 is 11.1 Å². The van der Waals surface area contributed by atoms with Gasteiger partial charge < -0.3 is 20.9 Å². The van der Waals surface area contributed by atoms with Crippen LogP contribution in [0.5, 0.6) is 5.75 Å². The van der Waals surface area contributed by atoms with E-state index in [0.29, 0.717) is 4.47 Å². The number of rotatable bonds is 2. The van der Waals surface area contributed by atoms with Crippen molar-refractivity contribution >= 4 is 44.9 Å². The van der Waals surface area contributed by atoms with Gasteiger partial charge in [0, 0.05) is 4.47 Å². The van der Waals surface area contributed by atoms with Crippen molar-refractivity contribution in [1.82, 2.24) is 0 Å². The molecule has 0 aliphatic heterocycles. The molecule has 86 valence electrons. The third kappa shape index (κ3) is 2.83. The highest BCUT2D eigenvalue weighted by Gasteiger charge is 2.16. The summed E-state index contributed by atoms with van der Waals surface area (Å²) < 4.78 is 5.11. The molecule has 0 unspecified atom stereocenters.